The van der Waals surface area contributed by atoms with Crippen molar-refractivity contribution in [2.75, 3.05) is 18.6 Å². The first-order valence-electron chi connectivity index (χ1n) is 10.8. The first-order chi connectivity index (χ1) is 16.4. The predicted molar refractivity (Wildman–Crippen MR) is 132 cm³/mol. The van der Waals surface area contributed by atoms with Crippen LogP contribution in [0.15, 0.2) is 72.3 Å². The SMILES string of the molecule is CCOc1ccc(N2C(=O)C(=O)/C(=C(/O)c3cc(OC)ccc3Cl)C2c2ccccc2C)cc1. The first-order valence-corrected chi connectivity index (χ1v) is 11.2. The van der Waals surface area contributed by atoms with Crippen LogP contribution >= 0.6 is 11.6 Å². The number of hydrogen-bond acceptors (Lipinski definition) is 5. The third-order valence-corrected chi connectivity index (χ3v) is 6.11. The smallest absolute Gasteiger partial charge is 0.300 e. The summed E-state index contributed by atoms with van der Waals surface area (Å²) in [4.78, 5) is 28.0. The first kappa shape index (κ1) is 23.4. The number of ether oxygens (including phenoxy) is 2. The third-order valence-electron chi connectivity index (χ3n) is 5.78. The Morgan fingerprint density at radius 1 is 1.03 bits per heavy atom. The van der Waals surface area contributed by atoms with Gasteiger partial charge in [-0.25, -0.2) is 0 Å². The average molecular weight is 478 g/mol. The van der Waals surface area contributed by atoms with Gasteiger partial charge in [-0.05, 0) is 67.4 Å². The molecule has 4 rings (SSSR count). The number of methoxy groups -OCH3 is 1. The maximum Gasteiger partial charge on any atom is 0.300 e. The van der Waals surface area contributed by atoms with Crippen LogP contribution in [0.1, 0.15) is 29.7 Å². The van der Waals surface area contributed by atoms with Gasteiger partial charge in [0.05, 0.1) is 30.4 Å². The van der Waals surface area contributed by atoms with Crippen molar-refractivity contribution in [1.29, 1.82) is 0 Å². The highest BCUT2D eigenvalue weighted by molar-refractivity contribution is 6.52. The third kappa shape index (κ3) is 4.13. The molecule has 6 nitrogen and oxygen atoms in total. The zero-order chi connectivity index (χ0) is 24.4. The molecule has 1 N–H and O–H groups in total. The molecule has 1 heterocycles. The average Bonchev–Trinajstić information content (AvgIpc) is 3.10. The fraction of sp³-hybridized carbons (Fsp3) is 0.185. The van der Waals surface area contributed by atoms with Crippen LogP contribution in [0.5, 0.6) is 11.5 Å². The second kappa shape index (κ2) is 9.61. The van der Waals surface area contributed by atoms with Crippen molar-refractivity contribution in [3.63, 3.8) is 0 Å². The molecule has 1 amide bonds. The molecule has 1 fully saturated rings. The van der Waals surface area contributed by atoms with Crippen molar-refractivity contribution in [3.05, 3.63) is 94.0 Å². The molecule has 3 aromatic rings. The topological polar surface area (TPSA) is 76.1 Å². The molecule has 1 saturated heterocycles. The van der Waals surface area contributed by atoms with Gasteiger partial charge in [-0.1, -0.05) is 35.9 Å². The van der Waals surface area contributed by atoms with E-state index in [1.54, 1.807) is 36.4 Å². The Hall–Kier alpha value is -3.77. The summed E-state index contributed by atoms with van der Waals surface area (Å²) in [6.45, 7) is 4.29. The van der Waals surface area contributed by atoms with Crippen LogP contribution in [-0.2, 0) is 9.59 Å². The Labute approximate surface area is 203 Å². The van der Waals surface area contributed by atoms with Gasteiger partial charge in [0.25, 0.3) is 11.7 Å². The molecular weight excluding hydrogens is 454 g/mol. The summed E-state index contributed by atoms with van der Waals surface area (Å²) < 4.78 is 10.8. The van der Waals surface area contributed by atoms with E-state index in [0.717, 1.165) is 11.1 Å². The number of rotatable bonds is 6. The number of Topliss-reactive ketones (excluding diaryl/α,β-unsaturated/α-hetero) is 1. The maximum atomic E-state index is 13.3. The second-order valence-electron chi connectivity index (χ2n) is 7.80. The van der Waals surface area contributed by atoms with Crippen molar-refractivity contribution in [1.82, 2.24) is 0 Å². The number of aliphatic hydroxyl groups excluding tert-OH is 1. The largest absolute Gasteiger partial charge is 0.507 e. The van der Waals surface area contributed by atoms with Crippen molar-refractivity contribution in [2.45, 2.75) is 19.9 Å². The summed E-state index contributed by atoms with van der Waals surface area (Å²) in [6, 6.07) is 18.3. The van der Waals surface area contributed by atoms with Crippen LogP contribution in [-0.4, -0.2) is 30.5 Å². The van der Waals surface area contributed by atoms with Crippen LogP contribution in [0, 0.1) is 6.92 Å². The van der Waals surface area contributed by atoms with E-state index in [1.807, 2.05) is 38.1 Å². The molecule has 1 atom stereocenters. The Kier molecular flexibility index (Phi) is 6.61. The van der Waals surface area contributed by atoms with Crippen molar-refractivity contribution < 1.29 is 24.2 Å². The van der Waals surface area contributed by atoms with Crippen molar-refractivity contribution in [2.24, 2.45) is 0 Å². The van der Waals surface area contributed by atoms with Crippen molar-refractivity contribution >= 4 is 34.7 Å². The van der Waals surface area contributed by atoms with Gasteiger partial charge >= 0.3 is 0 Å². The molecule has 0 radical (unpaired) electrons. The number of ketones is 1. The number of carbonyl (C=O) groups is 2. The van der Waals surface area contributed by atoms with Crippen LogP contribution in [0.2, 0.25) is 5.02 Å². The quantitative estimate of drug-likeness (QED) is 0.281. The lowest BCUT2D eigenvalue weighted by Crippen LogP contribution is -2.29. The number of hydrogen-bond donors (Lipinski definition) is 1. The van der Waals surface area contributed by atoms with Gasteiger partial charge in [-0.3, -0.25) is 14.5 Å². The van der Waals surface area contributed by atoms with E-state index in [-0.39, 0.29) is 21.9 Å². The molecular formula is C27H24ClNO5. The Bertz CT molecular complexity index is 1280. The molecule has 34 heavy (non-hydrogen) atoms. The van der Waals surface area contributed by atoms with E-state index >= 15 is 0 Å². The number of aryl methyl sites for hydroxylation is 1. The number of anilines is 1. The van der Waals surface area contributed by atoms with Gasteiger partial charge in [0.15, 0.2) is 0 Å². The highest BCUT2D eigenvalue weighted by Crippen LogP contribution is 2.44. The van der Waals surface area contributed by atoms with Gasteiger partial charge in [-0.15, -0.1) is 0 Å². The molecule has 0 saturated carbocycles. The summed E-state index contributed by atoms with van der Waals surface area (Å²) in [5, 5.41) is 11.6. The number of aliphatic hydroxyl groups is 1. The Morgan fingerprint density at radius 2 is 1.71 bits per heavy atom. The minimum atomic E-state index is -0.846. The molecule has 7 heteroatoms. The standard InChI is InChI=1S/C27H24ClNO5/c1-4-34-18-11-9-17(10-12-18)29-24(20-8-6-5-7-16(20)2)23(26(31)27(29)32)25(30)21-15-19(33-3)13-14-22(21)28/h5-15,24,30H,4H2,1-3H3/b25-23+. The Balaban J connectivity index is 1.94. The molecule has 3 aromatic carbocycles. The molecule has 0 spiro atoms. The zero-order valence-corrected chi connectivity index (χ0v) is 19.8. The van der Waals surface area contributed by atoms with Crippen LogP contribution in [0.25, 0.3) is 5.76 Å². The summed E-state index contributed by atoms with van der Waals surface area (Å²) in [5.41, 5.74) is 2.27. The van der Waals surface area contributed by atoms with Crippen LogP contribution in [0.3, 0.4) is 0 Å². The van der Waals surface area contributed by atoms with E-state index in [9.17, 15) is 14.7 Å². The van der Waals surface area contributed by atoms with Gasteiger partial charge in [-0.2, -0.15) is 0 Å². The summed E-state index contributed by atoms with van der Waals surface area (Å²) in [5.74, 6) is -0.780. The Morgan fingerprint density at radius 3 is 2.35 bits per heavy atom. The molecule has 0 aliphatic carbocycles. The molecule has 0 aromatic heterocycles. The lowest BCUT2D eigenvalue weighted by molar-refractivity contribution is -0.132. The highest BCUT2D eigenvalue weighted by atomic mass is 35.5. The number of carbonyl (C=O) groups excluding carboxylic acids is 2. The summed E-state index contributed by atoms with van der Waals surface area (Å²) in [6.07, 6.45) is 0. The van der Waals surface area contributed by atoms with Crippen LogP contribution < -0.4 is 14.4 Å². The molecule has 1 aliphatic heterocycles. The molecule has 1 aliphatic rings. The summed E-state index contributed by atoms with van der Waals surface area (Å²) >= 11 is 6.36. The second-order valence-corrected chi connectivity index (χ2v) is 8.21. The molecule has 0 bridgehead atoms. The molecule has 174 valence electrons. The van der Waals surface area contributed by atoms with Crippen molar-refractivity contribution in [3.8, 4) is 11.5 Å². The minimum Gasteiger partial charge on any atom is -0.507 e. The predicted octanol–water partition coefficient (Wildman–Crippen LogP) is 5.68. The number of halogens is 1. The van der Waals surface area contributed by atoms with E-state index < -0.39 is 17.7 Å². The fourth-order valence-electron chi connectivity index (χ4n) is 4.11. The minimum absolute atomic E-state index is 0.0386. The lowest BCUT2D eigenvalue weighted by atomic mass is 9.92. The monoisotopic (exact) mass is 477 g/mol. The maximum absolute atomic E-state index is 13.3. The fourth-order valence-corrected chi connectivity index (χ4v) is 4.32. The van der Waals surface area contributed by atoms with E-state index in [0.29, 0.717) is 23.8 Å². The highest BCUT2D eigenvalue weighted by Gasteiger charge is 2.47. The van der Waals surface area contributed by atoms with Crippen LogP contribution in [0.4, 0.5) is 5.69 Å². The van der Waals surface area contributed by atoms with Gasteiger partial charge in [0.1, 0.15) is 17.3 Å². The summed E-state index contributed by atoms with van der Waals surface area (Å²) in [7, 11) is 1.49. The number of benzene rings is 3. The number of amides is 1. The van der Waals surface area contributed by atoms with E-state index in [1.165, 1.54) is 18.1 Å². The van der Waals surface area contributed by atoms with Gasteiger partial charge in [0, 0.05) is 11.3 Å². The van der Waals surface area contributed by atoms with E-state index in [2.05, 4.69) is 0 Å². The lowest BCUT2D eigenvalue weighted by Gasteiger charge is -2.27. The zero-order valence-electron chi connectivity index (χ0n) is 19.0. The number of nitrogens with zero attached hydrogens (tertiary/aromatic N) is 1. The van der Waals surface area contributed by atoms with E-state index in [4.69, 9.17) is 21.1 Å². The normalized spacial score (nSPS) is 17.2. The van der Waals surface area contributed by atoms with Gasteiger partial charge in [0.2, 0.25) is 0 Å². The van der Waals surface area contributed by atoms with Gasteiger partial charge < -0.3 is 14.6 Å². The molecule has 1 unspecified atom stereocenters.